The summed E-state index contributed by atoms with van der Waals surface area (Å²) in [5.41, 5.74) is 26.6. The number of halogens is 3. The topological polar surface area (TPSA) is 449 Å². The van der Waals surface area contributed by atoms with E-state index in [1.807, 2.05) is 39.1 Å². The number of aromatic nitrogens is 16. The van der Waals surface area contributed by atoms with Crippen LogP contribution < -0.4 is 78.4 Å². The minimum Gasteiger partial charge on any atom is -0.494 e. The number of hydrogen-bond donors (Lipinski definition) is 9. The number of aryl methyl sites for hydroxylation is 1. The summed E-state index contributed by atoms with van der Waals surface area (Å²) >= 11 is 0. The van der Waals surface area contributed by atoms with E-state index in [0.717, 1.165) is 111 Å². The average Bonchev–Trinajstić information content (AvgIpc) is 1.65. The van der Waals surface area contributed by atoms with Gasteiger partial charge < -0.3 is 88.2 Å². The number of anilines is 11. The highest BCUT2D eigenvalue weighted by Crippen LogP contribution is 2.33. The Balaban J connectivity index is 0.000000139. The molecule has 37 nitrogen and oxygen atoms in total. The molecule has 13 N–H and O–H groups in total. The van der Waals surface area contributed by atoms with Gasteiger partial charge in [-0.2, -0.15) is 13.2 Å². The molecule has 1 atom stereocenters. The van der Waals surface area contributed by atoms with E-state index in [-0.39, 0.29) is 57.3 Å². The Labute approximate surface area is 638 Å². The number of carbonyl (C=O) groups is 4. The number of likely N-dealkylation sites (N-methyl/N-ethyl adjacent to an activating group) is 2. The van der Waals surface area contributed by atoms with E-state index in [9.17, 15) is 32.3 Å². The number of ether oxygens (including phenoxy) is 3. The number of nitrogen functional groups attached to an aromatic ring is 4. The zero-order chi connectivity index (χ0) is 79.7. The predicted octanol–water partition coefficient (Wildman–Crippen LogP) is 6.05. The van der Waals surface area contributed by atoms with Crippen LogP contribution in [0.25, 0.3) is 22.6 Å². The Kier molecular flexibility index (Phi) is 23.8. The molecule has 3 aliphatic rings. The number of pyridine rings is 4. The van der Waals surface area contributed by atoms with Crippen molar-refractivity contribution >= 4 is 110 Å². The molecule has 586 valence electrons. The van der Waals surface area contributed by atoms with Crippen molar-refractivity contribution in [3.63, 3.8) is 0 Å². The summed E-state index contributed by atoms with van der Waals surface area (Å²) in [6.07, 6.45) is 17.2. The highest BCUT2D eigenvalue weighted by molar-refractivity contribution is 6.14. The van der Waals surface area contributed by atoms with Crippen LogP contribution >= 0.6 is 0 Å². The van der Waals surface area contributed by atoms with Crippen LogP contribution in [0, 0.1) is 6.92 Å². The van der Waals surface area contributed by atoms with Gasteiger partial charge in [-0.25, -0.2) is 38.0 Å². The first kappa shape index (κ1) is 78.2. The van der Waals surface area contributed by atoms with Crippen LogP contribution in [-0.2, 0) is 6.18 Å². The number of fused-ring (bicyclic) bond motifs is 4. The van der Waals surface area contributed by atoms with Crippen molar-refractivity contribution in [2.75, 3.05) is 154 Å². The van der Waals surface area contributed by atoms with Gasteiger partial charge in [-0.05, 0) is 104 Å². The Morgan fingerprint density at radius 1 is 0.500 bits per heavy atom. The van der Waals surface area contributed by atoms with Crippen LogP contribution in [0.15, 0.2) is 123 Å². The molecule has 3 saturated heterocycles. The molecule has 4 amide bonds. The number of amides is 4. The Morgan fingerprint density at radius 2 is 0.866 bits per heavy atom. The van der Waals surface area contributed by atoms with Gasteiger partial charge in [0, 0.05) is 132 Å². The molecular weight excluding hydrogens is 1450 g/mol. The fraction of sp³-hybridized carbons (Fsp3) is 0.333. The zero-order valence-corrected chi connectivity index (χ0v) is 62.7. The molecule has 15 rings (SSSR count). The summed E-state index contributed by atoms with van der Waals surface area (Å²) < 4.78 is 60.3. The number of rotatable bonds is 17. The number of nitrogens with zero attached hydrogens (tertiary/aromatic N) is 21. The molecule has 12 aromatic rings. The fourth-order valence-electron chi connectivity index (χ4n) is 12.6. The van der Waals surface area contributed by atoms with E-state index in [0.29, 0.717) is 69.0 Å². The first-order valence-corrected chi connectivity index (χ1v) is 35.4. The second kappa shape index (κ2) is 34.0. The predicted molar refractivity (Wildman–Crippen MR) is 415 cm³/mol. The Bertz CT molecular complexity index is 5380. The molecule has 3 aliphatic heterocycles. The maximum atomic E-state index is 13.1. The first-order valence-electron chi connectivity index (χ1n) is 35.4. The number of alkyl halides is 3. The SMILES string of the molecule is CC(C)Oc1ccncc1NC(=O)c1c(N)nn2ccc(N3CCN(C)CC3)nc12.CNC1CCN(c2ccn3nc(N)c(C(=O)Nc4cnccc4OC)c3n2)C1.COc1ccncc1NC(=O)c1c(N)nn2ccc(N3CCC(N(C)C)CC3)nc12.Cc1ccncc1NC(=O)c1c(N)nn2ccc(C(F)(F)F)nc12. The average molecular weight is 1540 g/mol. The van der Waals surface area contributed by atoms with Crippen molar-refractivity contribution < 1.29 is 46.6 Å². The van der Waals surface area contributed by atoms with Crippen LogP contribution in [-0.4, -0.2) is 225 Å². The lowest BCUT2D eigenvalue weighted by Crippen LogP contribution is -2.44. The van der Waals surface area contributed by atoms with Gasteiger partial charge in [0.05, 0.1) is 50.8 Å². The van der Waals surface area contributed by atoms with E-state index in [2.05, 4.69) is 123 Å². The summed E-state index contributed by atoms with van der Waals surface area (Å²) in [5, 5.41) is 30.7. The van der Waals surface area contributed by atoms with Gasteiger partial charge in [-0.15, -0.1) is 20.4 Å². The second-order valence-electron chi connectivity index (χ2n) is 26.7. The molecule has 40 heteroatoms. The summed E-state index contributed by atoms with van der Waals surface area (Å²) in [6, 6.07) is 14.1. The van der Waals surface area contributed by atoms with E-state index in [4.69, 9.17) is 47.1 Å². The lowest BCUT2D eigenvalue weighted by molar-refractivity contribution is -0.141. The third-order valence-electron chi connectivity index (χ3n) is 18.6. The first-order chi connectivity index (χ1) is 53.8. The fourth-order valence-corrected chi connectivity index (χ4v) is 12.6. The molecule has 0 saturated carbocycles. The number of hydrogen-bond acceptors (Lipinski definition) is 29. The van der Waals surface area contributed by atoms with Crippen molar-refractivity contribution in [1.29, 1.82) is 0 Å². The second-order valence-corrected chi connectivity index (χ2v) is 26.7. The van der Waals surface area contributed by atoms with Crippen molar-refractivity contribution in [1.82, 2.24) is 93.4 Å². The van der Waals surface area contributed by atoms with E-state index in [1.54, 1.807) is 80.8 Å². The number of carbonyl (C=O) groups excluding carboxylic acids is 4. The van der Waals surface area contributed by atoms with E-state index < -0.39 is 35.5 Å². The van der Waals surface area contributed by atoms with Crippen LogP contribution in [0.3, 0.4) is 0 Å². The third kappa shape index (κ3) is 17.7. The molecule has 112 heavy (non-hydrogen) atoms. The van der Waals surface area contributed by atoms with E-state index in [1.165, 1.54) is 46.4 Å². The van der Waals surface area contributed by atoms with Crippen LogP contribution in [0.2, 0.25) is 0 Å². The van der Waals surface area contributed by atoms with Gasteiger partial charge in [-0.3, -0.25) is 39.1 Å². The molecule has 0 spiro atoms. The molecule has 0 aliphatic carbocycles. The number of piperidine rings is 1. The Hall–Kier alpha value is -13.4. The lowest BCUT2D eigenvalue weighted by atomic mass is 10.0. The quantitative estimate of drug-likeness (QED) is 0.0501. The van der Waals surface area contributed by atoms with Gasteiger partial charge in [0.25, 0.3) is 23.6 Å². The van der Waals surface area contributed by atoms with Crippen molar-refractivity contribution in [2.45, 2.75) is 64.4 Å². The van der Waals surface area contributed by atoms with Gasteiger partial charge in [-0.1, -0.05) is 0 Å². The van der Waals surface area contributed by atoms with Crippen LogP contribution in [0.1, 0.15) is 85.8 Å². The monoisotopic (exact) mass is 1540 g/mol. The maximum Gasteiger partial charge on any atom is 0.433 e. The van der Waals surface area contributed by atoms with Gasteiger partial charge in [0.1, 0.15) is 79.7 Å². The largest absolute Gasteiger partial charge is 0.494 e. The molecule has 1 unspecified atom stereocenters. The van der Waals surface area contributed by atoms with Crippen LogP contribution in [0.4, 0.5) is 76.6 Å². The summed E-state index contributed by atoms with van der Waals surface area (Å²) in [7, 11) is 11.3. The minimum absolute atomic E-state index is 0.0436. The van der Waals surface area contributed by atoms with Crippen molar-refractivity contribution in [3.8, 4) is 17.2 Å². The highest BCUT2D eigenvalue weighted by Gasteiger charge is 2.35. The summed E-state index contributed by atoms with van der Waals surface area (Å²) in [6.45, 7) is 12.8. The van der Waals surface area contributed by atoms with Gasteiger partial charge in [0.15, 0.2) is 45.9 Å². The number of methoxy groups -OCH3 is 2. The summed E-state index contributed by atoms with van der Waals surface area (Å²) in [5.74, 6) is 2.11. The molecule has 12 aromatic heterocycles. The number of nitrogens with one attached hydrogen (secondary N) is 5. The standard InChI is InChI=1S/2C20H26N8O2.C18H22N8O2.C14H11F3N6O/c1-26(2)13-5-9-27(10-6-13)16-7-11-28-19(24-16)17(18(21)25-28)20(29)23-14-12-22-8-4-15(14)30-3;1-13(2)30-15-4-6-22-12-14(15)23-20(29)17-18(21)25-28-7-5-16(24-19(17)28)27-10-8-26(3)9-11-27;1-20-11-4-7-25(10-11)14-5-8-26-17(23-14)15(16(19)24-26)18(27)22-12-9-21-6-3-13(12)28-2;1-7-2-4-19-6-8(7)20-13(24)10-11(18)22-23-5-3-9(14(15,16)17)21-12(10)23/h4,7-8,11-13H,5-6,9-10H2,1-3H3,(H2,21,25)(H,23,29);4-7,12-13H,8-11H2,1-3H3,(H2,21,25)(H,23,29);3,5-6,8-9,11,20H,4,7,10H2,1-2H3,(H2,19,24)(H,22,27);2-6H,1H3,(H2,18,22)(H,20,24). The maximum absolute atomic E-state index is 13.1. The molecule has 3 fully saturated rings. The highest BCUT2D eigenvalue weighted by atomic mass is 19.4. The number of nitrogens with two attached hydrogens (primary N) is 4. The van der Waals surface area contributed by atoms with Crippen molar-refractivity contribution in [2.24, 2.45) is 0 Å². The number of piperazine rings is 1. The minimum atomic E-state index is -4.64. The molecule has 15 heterocycles. The van der Waals surface area contributed by atoms with Gasteiger partial charge >= 0.3 is 6.18 Å². The van der Waals surface area contributed by atoms with E-state index >= 15 is 0 Å². The van der Waals surface area contributed by atoms with Gasteiger partial charge in [0.2, 0.25) is 0 Å². The zero-order valence-electron chi connectivity index (χ0n) is 62.7. The molecule has 0 aromatic carbocycles. The van der Waals surface area contributed by atoms with Crippen molar-refractivity contribution in [3.05, 3.63) is 156 Å². The smallest absolute Gasteiger partial charge is 0.433 e. The molecule has 0 bridgehead atoms. The molecule has 0 radical (unpaired) electrons. The Morgan fingerprint density at radius 3 is 1.26 bits per heavy atom. The van der Waals surface area contributed by atoms with Crippen LogP contribution in [0.5, 0.6) is 17.2 Å². The third-order valence-corrected chi connectivity index (χ3v) is 18.6. The molecular formula is C72H85F3N30O7. The normalized spacial score (nSPS) is 14.7. The lowest BCUT2D eigenvalue weighted by Gasteiger charge is -2.35. The summed E-state index contributed by atoms with van der Waals surface area (Å²) in [4.78, 5) is 96.1.